The van der Waals surface area contributed by atoms with Crippen molar-refractivity contribution in [3.63, 3.8) is 0 Å². The highest BCUT2D eigenvalue weighted by molar-refractivity contribution is 7.19. The summed E-state index contributed by atoms with van der Waals surface area (Å²) in [5.74, 6) is -0.0862. The van der Waals surface area contributed by atoms with Crippen LogP contribution in [0.2, 0.25) is 0 Å². The number of carboxylic acid groups (broad SMARTS) is 1. The molecule has 26 heavy (non-hydrogen) atoms. The summed E-state index contributed by atoms with van der Waals surface area (Å²) in [7, 11) is 0. The van der Waals surface area contributed by atoms with Gasteiger partial charge in [0.2, 0.25) is 0 Å². The molecule has 1 atom stereocenters. The van der Waals surface area contributed by atoms with Crippen molar-refractivity contribution >= 4 is 33.2 Å². The summed E-state index contributed by atoms with van der Waals surface area (Å²) < 4.78 is 1.67. The molecule has 0 radical (unpaired) electrons. The fourth-order valence-corrected chi connectivity index (χ4v) is 5.16. The van der Waals surface area contributed by atoms with Crippen LogP contribution in [0.25, 0.3) is 27.3 Å². The summed E-state index contributed by atoms with van der Waals surface area (Å²) in [6.45, 7) is 2.25. The van der Waals surface area contributed by atoms with Crippen LogP contribution >= 0.6 is 11.3 Å². The lowest BCUT2D eigenvalue weighted by Gasteiger charge is -2.18. The third kappa shape index (κ3) is 2.17. The molecule has 0 aliphatic heterocycles. The number of hydrogen-bond acceptors (Lipinski definition) is 5. The molecule has 1 aliphatic carbocycles. The maximum absolute atomic E-state index is 11.5. The third-order valence-electron chi connectivity index (χ3n) is 5.07. The molecule has 0 fully saturated rings. The van der Waals surface area contributed by atoms with Gasteiger partial charge in [-0.2, -0.15) is 0 Å². The van der Waals surface area contributed by atoms with E-state index in [-0.39, 0.29) is 5.56 Å². The molecular formula is C19H16N4O2S. The predicted octanol–water partition coefficient (Wildman–Crippen LogP) is 4.14. The first-order chi connectivity index (χ1) is 12.6. The molecule has 0 bridgehead atoms. The summed E-state index contributed by atoms with van der Waals surface area (Å²) in [6, 6.07) is 6.83. The van der Waals surface area contributed by atoms with E-state index in [0.29, 0.717) is 17.3 Å². The largest absolute Gasteiger partial charge is 0.478 e. The number of carboxylic acids is 1. The average molecular weight is 364 g/mol. The van der Waals surface area contributed by atoms with Crippen LogP contribution < -0.4 is 0 Å². The highest BCUT2D eigenvalue weighted by Crippen LogP contribution is 2.42. The van der Waals surface area contributed by atoms with E-state index in [1.807, 2.05) is 0 Å². The van der Waals surface area contributed by atoms with Gasteiger partial charge in [-0.15, -0.1) is 16.4 Å². The number of aromatic carboxylic acids is 1. The maximum Gasteiger partial charge on any atom is 0.336 e. The molecular weight excluding hydrogens is 348 g/mol. The molecule has 5 rings (SSSR count). The van der Waals surface area contributed by atoms with Crippen molar-refractivity contribution in [1.29, 1.82) is 0 Å². The number of benzene rings is 1. The Balaban J connectivity index is 1.80. The van der Waals surface area contributed by atoms with Gasteiger partial charge in [0, 0.05) is 10.4 Å². The first kappa shape index (κ1) is 15.5. The summed E-state index contributed by atoms with van der Waals surface area (Å²) in [5, 5.41) is 15.0. The van der Waals surface area contributed by atoms with Crippen molar-refractivity contribution in [2.75, 3.05) is 0 Å². The highest BCUT2D eigenvalue weighted by atomic mass is 32.1. The Morgan fingerprint density at radius 2 is 2.19 bits per heavy atom. The number of aromatic nitrogens is 4. The standard InChI is InChI=1S/C19H16N4O2S/c1-10-5-4-8-13-14(10)15-17-21-16(22-23(17)9-20-18(15)26-13)11-6-2-3-7-12(11)19(24)25/h2-3,6-7,9-10H,4-5,8H2,1H3,(H,24,25)/t10-/m1/s1. The zero-order valence-electron chi connectivity index (χ0n) is 14.1. The Kier molecular flexibility index (Phi) is 3.33. The lowest BCUT2D eigenvalue weighted by Crippen LogP contribution is -2.04. The number of hydrogen-bond donors (Lipinski definition) is 1. The Bertz CT molecular complexity index is 1180. The first-order valence-corrected chi connectivity index (χ1v) is 9.44. The van der Waals surface area contributed by atoms with Crippen molar-refractivity contribution < 1.29 is 9.90 Å². The van der Waals surface area contributed by atoms with E-state index in [9.17, 15) is 9.90 Å². The number of rotatable bonds is 2. The van der Waals surface area contributed by atoms with E-state index in [1.165, 1.54) is 23.3 Å². The number of thiophene rings is 1. The lowest BCUT2D eigenvalue weighted by atomic mass is 9.87. The maximum atomic E-state index is 11.5. The molecule has 6 nitrogen and oxygen atoms in total. The summed E-state index contributed by atoms with van der Waals surface area (Å²) in [4.78, 5) is 23.2. The molecule has 1 N–H and O–H groups in total. The molecule has 0 saturated heterocycles. The van der Waals surface area contributed by atoms with E-state index < -0.39 is 5.97 Å². The van der Waals surface area contributed by atoms with Crippen molar-refractivity contribution in [3.05, 3.63) is 46.6 Å². The van der Waals surface area contributed by atoms with Crippen LogP contribution in [-0.2, 0) is 6.42 Å². The van der Waals surface area contributed by atoms with Crippen LogP contribution in [0, 0.1) is 0 Å². The monoisotopic (exact) mass is 364 g/mol. The normalized spacial score (nSPS) is 16.9. The van der Waals surface area contributed by atoms with Crippen LogP contribution in [0.4, 0.5) is 0 Å². The second kappa shape index (κ2) is 5.60. The molecule has 3 aromatic heterocycles. The zero-order chi connectivity index (χ0) is 17.8. The molecule has 0 saturated carbocycles. The summed E-state index contributed by atoms with van der Waals surface area (Å²) >= 11 is 1.75. The van der Waals surface area contributed by atoms with Crippen molar-refractivity contribution in [2.45, 2.75) is 32.1 Å². The molecule has 3 heterocycles. The van der Waals surface area contributed by atoms with Gasteiger partial charge < -0.3 is 5.11 Å². The van der Waals surface area contributed by atoms with E-state index in [0.717, 1.165) is 22.3 Å². The minimum atomic E-state index is -0.982. The first-order valence-electron chi connectivity index (χ1n) is 8.63. The number of aryl methyl sites for hydroxylation is 1. The highest BCUT2D eigenvalue weighted by Gasteiger charge is 2.25. The predicted molar refractivity (Wildman–Crippen MR) is 99.9 cm³/mol. The van der Waals surface area contributed by atoms with E-state index in [2.05, 4.69) is 17.0 Å². The lowest BCUT2D eigenvalue weighted by molar-refractivity contribution is 0.0697. The molecule has 1 aliphatic rings. The van der Waals surface area contributed by atoms with Crippen molar-refractivity contribution in [2.24, 2.45) is 0 Å². The van der Waals surface area contributed by atoms with Crippen LogP contribution in [0.3, 0.4) is 0 Å². The molecule has 0 spiro atoms. The fraction of sp³-hybridized carbons (Fsp3) is 0.263. The van der Waals surface area contributed by atoms with E-state index in [4.69, 9.17) is 4.98 Å². The van der Waals surface area contributed by atoms with Gasteiger partial charge >= 0.3 is 5.97 Å². The topological polar surface area (TPSA) is 80.4 Å². The van der Waals surface area contributed by atoms with Crippen LogP contribution in [0.5, 0.6) is 0 Å². The second-order valence-corrected chi connectivity index (χ2v) is 7.79. The minimum Gasteiger partial charge on any atom is -0.478 e. The number of nitrogens with zero attached hydrogens (tertiary/aromatic N) is 4. The van der Waals surface area contributed by atoms with Crippen molar-refractivity contribution in [3.8, 4) is 11.4 Å². The molecule has 0 amide bonds. The van der Waals surface area contributed by atoms with Gasteiger partial charge in [-0.25, -0.2) is 19.3 Å². The van der Waals surface area contributed by atoms with E-state index >= 15 is 0 Å². The molecule has 7 heteroatoms. The van der Waals surface area contributed by atoms with E-state index in [1.54, 1.807) is 46.4 Å². The summed E-state index contributed by atoms with van der Waals surface area (Å²) in [6.07, 6.45) is 5.14. The SMILES string of the molecule is C[C@@H]1CCCc2sc3ncn4nc(-c5ccccc5C(=O)O)nc4c3c21. The smallest absolute Gasteiger partial charge is 0.336 e. The molecule has 0 unspecified atom stereocenters. The Morgan fingerprint density at radius 1 is 1.35 bits per heavy atom. The third-order valence-corrected chi connectivity index (χ3v) is 6.25. The fourth-order valence-electron chi connectivity index (χ4n) is 3.86. The van der Waals surface area contributed by atoms with Crippen LogP contribution in [-0.4, -0.2) is 30.7 Å². The van der Waals surface area contributed by atoms with Gasteiger partial charge in [0.05, 0.1) is 10.9 Å². The summed E-state index contributed by atoms with van der Waals surface area (Å²) in [5.41, 5.74) is 2.83. The number of fused-ring (bicyclic) bond motifs is 5. The van der Waals surface area contributed by atoms with Gasteiger partial charge in [-0.3, -0.25) is 0 Å². The van der Waals surface area contributed by atoms with Crippen LogP contribution in [0.15, 0.2) is 30.6 Å². The minimum absolute atomic E-state index is 0.202. The quantitative estimate of drug-likeness (QED) is 0.578. The van der Waals surface area contributed by atoms with Gasteiger partial charge in [-0.1, -0.05) is 25.1 Å². The van der Waals surface area contributed by atoms with Crippen molar-refractivity contribution in [1.82, 2.24) is 19.6 Å². The Hall–Kier alpha value is -2.80. The number of carbonyl (C=O) groups is 1. The van der Waals surface area contributed by atoms with Gasteiger partial charge in [0.1, 0.15) is 11.2 Å². The van der Waals surface area contributed by atoms with Gasteiger partial charge in [0.15, 0.2) is 11.5 Å². The molecule has 4 aromatic rings. The molecule has 1 aromatic carbocycles. The Morgan fingerprint density at radius 3 is 3.04 bits per heavy atom. The zero-order valence-corrected chi connectivity index (χ0v) is 15.0. The van der Waals surface area contributed by atoms with Gasteiger partial charge in [0.25, 0.3) is 0 Å². The average Bonchev–Trinajstić information content (AvgIpc) is 3.23. The molecule has 130 valence electrons. The Labute approximate surface area is 153 Å². The van der Waals surface area contributed by atoms with Crippen LogP contribution in [0.1, 0.15) is 46.5 Å². The van der Waals surface area contributed by atoms with Gasteiger partial charge in [-0.05, 0) is 36.8 Å². The second-order valence-electron chi connectivity index (χ2n) is 6.71.